The van der Waals surface area contributed by atoms with E-state index in [-0.39, 0.29) is 18.7 Å². The Bertz CT molecular complexity index is 905. The third-order valence-corrected chi connectivity index (χ3v) is 6.09. The number of ether oxygens (including phenoxy) is 3. The number of nitrogens with zero attached hydrogens (tertiary/aromatic N) is 1. The highest BCUT2D eigenvalue weighted by atomic mass is 35.5. The van der Waals surface area contributed by atoms with Crippen molar-refractivity contribution < 1.29 is 19.0 Å². The Kier molecular flexibility index (Phi) is 6.65. The van der Waals surface area contributed by atoms with Crippen LogP contribution in [0, 0.1) is 0 Å². The maximum absolute atomic E-state index is 12.4. The van der Waals surface area contributed by atoms with Crippen molar-refractivity contribution in [2.75, 3.05) is 27.0 Å². The summed E-state index contributed by atoms with van der Waals surface area (Å²) < 4.78 is 16.1. The molecule has 2 aliphatic rings. The molecule has 2 aromatic rings. The van der Waals surface area contributed by atoms with Crippen LogP contribution < -0.4 is 19.5 Å². The van der Waals surface area contributed by atoms with E-state index in [9.17, 15) is 4.79 Å². The molecule has 1 saturated heterocycles. The first-order valence-corrected chi connectivity index (χ1v) is 10.7. The summed E-state index contributed by atoms with van der Waals surface area (Å²) in [7, 11) is 1.67. The van der Waals surface area contributed by atoms with E-state index in [2.05, 4.69) is 11.4 Å². The summed E-state index contributed by atoms with van der Waals surface area (Å²) in [5.74, 6) is 2.53. The van der Waals surface area contributed by atoms with Crippen LogP contribution >= 0.6 is 11.6 Å². The number of halogens is 1. The summed E-state index contributed by atoms with van der Waals surface area (Å²) in [5, 5.41) is 4.12. The predicted octanol–water partition coefficient (Wildman–Crippen LogP) is 3.79. The maximum atomic E-state index is 12.4. The zero-order valence-corrected chi connectivity index (χ0v) is 17.9. The molecule has 2 aromatic carbocycles. The lowest BCUT2D eigenvalue weighted by molar-refractivity contribution is -0.129. The maximum Gasteiger partial charge on any atom is 0.231 e. The van der Waals surface area contributed by atoms with Gasteiger partial charge in [0.2, 0.25) is 12.7 Å². The van der Waals surface area contributed by atoms with Crippen LogP contribution in [0.1, 0.15) is 30.4 Å². The summed E-state index contributed by atoms with van der Waals surface area (Å²) in [4.78, 5) is 14.4. The monoisotopic (exact) mass is 430 g/mol. The fraction of sp³-hybridized carbons (Fsp3) is 0.435. The molecular formula is C23H27ClN2O4. The number of nitrogens with one attached hydrogen (secondary N) is 1. The van der Waals surface area contributed by atoms with Crippen molar-refractivity contribution in [2.24, 2.45) is 0 Å². The van der Waals surface area contributed by atoms with Gasteiger partial charge in [-0.15, -0.1) is 0 Å². The van der Waals surface area contributed by atoms with E-state index in [4.69, 9.17) is 25.8 Å². The summed E-state index contributed by atoms with van der Waals surface area (Å²) in [5.41, 5.74) is 2.17. The van der Waals surface area contributed by atoms with E-state index in [0.29, 0.717) is 23.7 Å². The van der Waals surface area contributed by atoms with Gasteiger partial charge in [0.25, 0.3) is 0 Å². The Morgan fingerprint density at radius 1 is 1.23 bits per heavy atom. The molecular weight excluding hydrogens is 404 g/mol. The van der Waals surface area contributed by atoms with E-state index in [1.165, 1.54) is 5.56 Å². The first-order chi connectivity index (χ1) is 14.6. The molecule has 1 atom stereocenters. The van der Waals surface area contributed by atoms with Gasteiger partial charge in [0.15, 0.2) is 11.5 Å². The SMILES string of the molecule is COc1cccc(CCN2C(=O)CC[C@H]2CCNCc2cc3c(cc2Cl)OCO3)c1. The van der Waals surface area contributed by atoms with E-state index in [0.717, 1.165) is 49.4 Å². The number of hydrogen-bond acceptors (Lipinski definition) is 5. The summed E-state index contributed by atoms with van der Waals surface area (Å²) in [6.07, 6.45) is 3.31. The van der Waals surface area contributed by atoms with Gasteiger partial charge in [0.05, 0.1) is 7.11 Å². The normalized spacial score (nSPS) is 17.6. The number of fused-ring (bicyclic) bond motifs is 1. The number of carbonyl (C=O) groups excluding carboxylic acids is 1. The molecule has 6 nitrogen and oxygen atoms in total. The Labute approximate surface area is 182 Å². The number of hydrogen-bond donors (Lipinski definition) is 1. The molecule has 1 amide bonds. The Morgan fingerprint density at radius 2 is 2.07 bits per heavy atom. The van der Waals surface area contributed by atoms with Gasteiger partial charge in [-0.1, -0.05) is 23.7 Å². The summed E-state index contributed by atoms with van der Waals surface area (Å²) >= 11 is 6.34. The summed E-state index contributed by atoms with van der Waals surface area (Å²) in [6, 6.07) is 12.0. The molecule has 0 aromatic heterocycles. The molecule has 4 rings (SSSR count). The molecule has 1 N–H and O–H groups in total. The number of benzene rings is 2. The molecule has 7 heteroatoms. The number of methoxy groups -OCH3 is 1. The van der Waals surface area contributed by atoms with E-state index in [1.807, 2.05) is 29.2 Å². The second kappa shape index (κ2) is 9.58. The van der Waals surface area contributed by atoms with Crippen LogP contribution in [0.25, 0.3) is 0 Å². The van der Waals surface area contributed by atoms with Crippen LogP contribution in [0.4, 0.5) is 0 Å². The van der Waals surface area contributed by atoms with Crippen molar-refractivity contribution in [2.45, 2.75) is 38.3 Å². The highest BCUT2D eigenvalue weighted by Gasteiger charge is 2.30. The average Bonchev–Trinajstić information content (AvgIpc) is 3.35. The second-order valence-corrected chi connectivity index (χ2v) is 8.05. The molecule has 160 valence electrons. The average molecular weight is 431 g/mol. The quantitative estimate of drug-likeness (QED) is 0.613. The molecule has 0 aliphatic carbocycles. The van der Waals surface area contributed by atoms with Gasteiger partial charge >= 0.3 is 0 Å². The molecule has 30 heavy (non-hydrogen) atoms. The van der Waals surface area contributed by atoms with E-state index >= 15 is 0 Å². The van der Waals surface area contributed by atoms with E-state index < -0.39 is 0 Å². The minimum absolute atomic E-state index is 0.240. The third kappa shape index (κ3) is 4.82. The first-order valence-electron chi connectivity index (χ1n) is 10.3. The minimum atomic E-state index is 0.240. The van der Waals surface area contributed by atoms with Crippen molar-refractivity contribution >= 4 is 17.5 Å². The summed E-state index contributed by atoms with van der Waals surface area (Å²) in [6.45, 7) is 2.45. The Morgan fingerprint density at radius 3 is 2.90 bits per heavy atom. The lowest BCUT2D eigenvalue weighted by Crippen LogP contribution is -2.36. The van der Waals surface area contributed by atoms with Gasteiger partial charge in [0, 0.05) is 36.6 Å². The first kappa shape index (κ1) is 20.8. The molecule has 2 heterocycles. The van der Waals surface area contributed by atoms with Crippen molar-refractivity contribution in [1.82, 2.24) is 10.2 Å². The van der Waals surface area contributed by atoms with Crippen molar-refractivity contribution in [3.8, 4) is 17.2 Å². The molecule has 0 bridgehead atoms. The highest BCUT2D eigenvalue weighted by molar-refractivity contribution is 6.31. The lowest BCUT2D eigenvalue weighted by atomic mass is 10.1. The largest absolute Gasteiger partial charge is 0.497 e. The van der Waals surface area contributed by atoms with Crippen molar-refractivity contribution in [3.05, 3.63) is 52.5 Å². The molecule has 0 unspecified atom stereocenters. The van der Waals surface area contributed by atoms with Gasteiger partial charge in [-0.25, -0.2) is 0 Å². The zero-order valence-electron chi connectivity index (χ0n) is 17.2. The molecule has 1 fully saturated rings. The van der Waals surface area contributed by atoms with Crippen molar-refractivity contribution in [3.63, 3.8) is 0 Å². The van der Waals surface area contributed by atoms with Gasteiger partial charge in [-0.2, -0.15) is 0 Å². The Hall–Kier alpha value is -2.44. The van der Waals surface area contributed by atoms with Gasteiger partial charge < -0.3 is 24.4 Å². The van der Waals surface area contributed by atoms with Crippen molar-refractivity contribution in [1.29, 1.82) is 0 Å². The fourth-order valence-corrected chi connectivity index (χ4v) is 4.29. The topological polar surface area (TPSA) is 60.0 Å². The lowest BCUT2D eigenvalue weighted by Gasteiger charge is -2.25. The number of carbonyl (C=O) groups is 1. The molecule has 0 radical (unpaired) electrons. The second-order valence-electron chi connectivity index (χ2n) is 7.64. The smallest absolute Gasteiger partial charge is 0.231 e. The zero-order chi connectivity index (χ0) is 20.9. The number of rotatable bonds is 9. The Balaban J connectivity index is 1.26. The fourth-order valence-electron chi connectivity index (χ4n) is 4.06. The van der Waals surface area contributed by atoms with Gasteiger partial charge in [-0.3, -0.25) is 4.79 Å². The third-order valence-electron chi connectivity index (χ3n) is 5.74. The van der Waals surface area contributed by atoms with Crippen LogP contribution in [-0.4, -0.2) is 43.8 Å². The standard InChI is InChI=1S/C23H27ClN2O4/c1-28-19-4-2-3-16(11-19)8-10-26-18(5-6-23(26)27)7-9-25-14-17-12-21-22(13-20(17)24)30-15-29-21/h2-4,11-13,18,25H,5-10,14-15H2,1H3/t18-/m0/s1. The highest BCUT2D eigenvalue weighted by Crippen LogP contribution is 2.36. The van der Waals surface area contributed by atoms with Crippen LogP contribution in [0.2, 0.25) is 5.02 Å². The van der Waals surface area contributed by atoms with E-state index in [1.54, 1.807) is 13.2 Å². The van der Waals surface area contributed by atoms with Crippen LogP contribution in [0.15, 0.2) is 36.4 Å². The molecule has 0 spiro atoms. The minimum Gasteiger partial charge on any atom is -0.497 e. The number of amides is 1. The molecule has 0 saturated carbocycles. The van der Waals surface area contributed by atoms with Crippen LogP contribution in [0.3, 0.4) is 0 Å². The van der Waals surface area contributed by atoms with Crippen LogP contribution in [-0.2, 0) is 17.8 Å². The van der Waals surface area contributed by atoms with Gasteiger partial charge in [0.1, 0.15) is 5.75 Å². The van der Waals surface area contributed by atoms with Crippen LogP contribution in [0.5, 0.6) is 17.2 Å². The predicted molar refractivity (Wildman–Crippen MR) is 115 cm³/mol. The molecule has 2 aliphatic heterocycles. The van der Waals surface area contributed by atoms with Gasteiger partial charge in [-0.05, 0) is 55.1 Å². The number of likely N-dealkylation sites (tertiary alicyclic amines) is 1.